The quantitative estimate of drug-likeness (QED) is 0.712. The standard InChI is InChI=1S/C22H20N2O2S/c25-21(11-8-16-5-2-1-3-6-16)23-18-9-10-19-17(15-18)12-13-24(19)22(26)20-7-4-14-27-20/h1-7,9-10,14-15H,8,11-13H2,(H,23,25). The summed E-state index contributed by atoms with van der Waals surface area (Å²) in [5.74, 6) is 0.0479. The predicted molar refractivity (Wildman–Crippen MR) is 110 cm³/mol. The molecule has 2 heterocycles. The second-order valence-electron chi connectivity index (χ2n) is 6.56. The number of amides is 2. The number of hydrogen-bond donors (Lipinski definition) is 1. The van der Waals surface area contributed by atoms with E-state index in [1.165, 1.54) is 11.3 Å². The molecule has 0 atom stereocenters. The zero-order chi connectivity index (χ0) is 18.6. The number of hydrogen-bond acceptors (Lipinski definition) is 3. The highest BCUT2D eigenvalue weighted by Crippen LogP contribution is 2.32. The number of benzene rings is 2. The van der Waals surface area contributed by atoms with Gasteiger partial charge in [0.1, 0.15) is 0 Å². The van der Waals surface area contributed by atoms with E-state index in [2.05, 4.69) is 5.32 Å². The fraction of sp³-hybridized carbons (Fsp3) is 0.182. The molecule has 0 bridgehead atoms. The third-order valence-corrected chi connectivity index (χ3v) is 5.58. The molecular weight excluding hydrogens is 356 g/mol. The minimum Gasteiger partial charge on any atom is -0.326 e. The first kappa shape index (κ1) is 17.5. The fourth-order valence-corrected chi connectivity index (χ4v) is 4.02. The Bertz CT molecular complexity index is 952. The highest BCUT2D eigenvalue weighted by molar-refractivity contribution is 7.12. The number of nitrogens with one attached hydrogen (secondary N) is 1. The van der Waals surface area contributed by atoms with Crippen LogP contribution in [0.1, 0.15) is 27.2 Å². The zero-order valence-electron chi connectivity index (χ0n) is 14.9. The van der Waals surface area contributed by atoms with E-state index in [0.29, 0.717) is 13.0 Å². The molecule has 0 fully saturated rings. The molecule has 0 aliphatic carbocycles. The minimum atomic E-state index is 0.00307. The Balaban J connectivity index is 1.40. The van der Waals surface area contributed by atoms with Gasteiger partial charge in [-0.2, -0.15) is 0 Å². The Morgan fingerprint density at radius 2 is 1.89 bits per heavy atom. The monoisotopic (exact) mass is 376 g/mol. The Labute approximate surface area is 162 Å². The number of carbonyl (C=O) groups excluding carboxylic acids is 2. The molecular formula is C22H20N2O2S. The van der Waals surface area contributed by atoms with Crippen LogP contribution < -0.4 is 10.2 Å². The van der Waals surface area contributed by atoms with Crippen molar-refractivity contribution < 1.29 is 9.59 Å². The third kappa shape index (κ3) is 3.93. The van der Waals surface area contributed by atoms with E-state index in [0.717, 1.165) is 40.2 Å². The minimum absolute atomic E-state index is 0.00307. The molecule has 4 rings (SSSR count). The summed E-state index contributed by atoms with van der Waals surface area (Å²) in [6.07, 6.45) is 1.98. The van der Waals surface area contributed by atoms with Gasteiger partial charge in [0.25, 0.3) is 5.91 Å². The summed E-state index contributed by atoms with van der Waals surface area (Å²) in [5.41, 5.74) is 3.98. The van der Waals surface area contributed by atoms with E-state index in [9.17, 15) is 9.59 Å². The van der Waals surface area contributed by atoms with Crippen molar-refractivity contribution in [2.24, 2.45) is 0 Å². The molecule has 5 heteroatoms. The van der Waals surface area contributed by atoms with E-state index < -0.39 is 0 Å². The van der Waals surface area contributed by atoms with Crippen LogP contribution in [0.3, 0.4) is 0 Å². The average molecular weight is 376 g/mol. The topological polar surface area (TPSA) is 49.4 Å². The van der Waals surface area contributed by atoms with Crippen LogP contribution in [0.25, 0.3) is 0 Å². The van der Waals surface area contributed by atoms with Gasteiger partial charge in [-0.05, 0) is 53.6 Å². The smallest absolute Gasteiger partial charge is 0.268 e. The summed E-state index contributed by atoms with van der Waals surface area (Å²) < 4.78 is 0. The van der Waals surface area contributed by atoms with Crippen molar-refractivity contribution in [1.82, 2.24) is 0 Å². The molecule has 0 spiro atoms. The number of carbonyl (C=O) groups is 2. The molecule has 1 N–H and O–H groups in total. The van der Waals surface area contributed by atoms with Gasteiger partial charge in [-0.15, -0.1) is 11.3 Å². The molecule has 1 aromatic heterocycles. The van der Waals surface area contributed by atoms with Crippen molar-refractivity contribution in [3.63, 3.8) is 0 Å². The average Bonchev–Trinajstić information content (AvgIpc) is 3.36. The van der Waals surface area contributed by atoms with Crippen molar-refractivity contribution >= 4 is 34.5 Å². The SMILES string of the molecule is O=C(CCc1ccccc1)Nc1ccc2c(c1)CCN2C(=O)c1cccs1. The Morgan fingerprint density at radius 1 is 1.04 bits per heavy atom. The molecule has 2 aromatic carbocycles. The van der Waals surface area contributed by atoms with Gasteiger partial charge in [0, 0.05) is 24.3 Å². The molecule has 1 aliphatic rings. The van der Waals surface area contributed by atoms with Gasteiger partial charge in [-0.1, -0.05) is 36.4 Å². The molecule has 136 valence electrons. The van der Waals surface area contributed by atoms with Gasteiger partial charge >= 0.3 is 0 Å². The number of aryl methyl sites for hydroxylation is 1. The maximum absolute atomic E-state index is 12.6. The van der Waals surface area contributed by atoms with Gasteiger partial charge in [0.15, 0.2) is 0 Å². The zero-order valence-corrected chi connectivity index (χ0v) is 15.7. The second-order valence-corrected chi connectivity index (χ2v) is 7.51. The third-order valence-electron chi connectivity index (χ3n) is 4.72. The lowest BCUT2D eigenvalue weighted by atomic mass is 10.1. The Hall–Kier alpha value is -2.92. The Kier molecular flexibility index (Phi) is 5.03. The number of nitrogens with zero attached hydrogens (tertiary/aromatic N) is 1. The lowest BCUT2D eigenvalue weighted by Crippen LogP contribution is -2.28. The lowest BCUT2D eigenvalue weighted by molar-refractivity contribution is -0.116. The normalized spacial score (nSPS) is 12.7. The Morgan fingerprint density at radius 3 is 2.67 bits per heavy atom. The van der Waals surface area contributed by atoms with Crippen LogP contribution >= 0.6 is 11.3 Å². The summed E-state index contributed by atoms with van der Waals surface area (Å²) in [7, 11) is 0. The number of thiophene rings is 1. The van der Waals surface area contributed by atoms with E-state index in [1.807, 2.05) is 70.9 Å². The van der Waals surface area contributed by atoms with E-state index >= 15 is 0 Å². The highest BCUT2D eigenvalue weighted by atomic mass is 32.1. The largest absolute Gasteiger partial charge is 0.326 e. The van der Waals surface area contributed by atoms with Crippen molar-refractivity contribution in [1.29, 1.82) is 0 Å². The molecule has 0 unspecified atom stereocenters. The number of rotatable bonds is 5. The van der Waals surface area contributed by atoms with Crippen LogP contribution in [0.15, 0.2) is 66.0 Å². The van der Waals surface area contributed by atoms with Crippen LogP contribution in [0.4, 0.5) is 11.4 Å². The number of anilines is 2. The van der Waals surface area contributed by atoms with Crippen molar-refractivity contribution in [3.05, 3.63) is 82.0 Å². The summed E-state index contributed by atoms with van der Waals surface area (Å²) >= 11 is 1.46. The second kappa shape index (κ2) is 7.76. The van der Waals surface area contributed by atoms with Gasteiger partial charge in [0.05, 0.1) is 4.88 Å². The molecule has 0 saturated heterocycles. The summed E-state index contributed by atoms with van der Waals surface area (Å²) in [4.78, 5) is 27.4. The summed E-state index contributed by atoms with van der Waals surface area (Å²) in [5, 5.41) is 4.89. The van der Waals surface area contributed by atoms with Crippen LogP contribution in [0.2, 0.25) is 0 Å². The highest BCUT2D eigenvalue weighted by Gasteiger charge is 2.26. The van der Waals surface area contributed by atoms with E-state index in [-0.39, 0.29) is 11.8 Å². The summed E-state index contributed by atoms with van der Waals surface area (Å²) in [6, 6.07) is 19.5. The van der Waals surface area contributed by atoms with Gasteiger partial charge in [0.2, 0.25) is 5.91 Å². The fourth-order valence-electron chi connectivity index (χ4n) is 3.35. The first-order chi connectivity index (χ1) is 13.2. The number of fused-ring (bicyclic) bond motifs is 1. The van der Waals surface area contributed by atoms with Crippen LogP contribution in [-0.2, 0) is 17.6 Å². The lowest BCUT2D eigenvalue weighted by Gasteiger charge is -2.16. The van der Waals surface area contributed by atoms with Gasteiger partial charge in [-0.25, -0.2) is 0 Å². The molecule has 27 heavy (non-hydrogen) atoms. The van der Waals surface area contributed by atoms with Gasteiger partial charge < -0.3 is 10.2 Å². The molecule has 2 amide bonds. The maximum atomic E-state index is 12.6. The van der Waals surface area contributed by atoms with Crippen LogP contribution in [0, 0.1) is 0 Å². The van der Waals surface area contributed by atoms with Crippen LogP contribution in [0.5, 0.6) is 0 Å². The predicted octanol–water partition coefficient (Wildman–Crippen LogP) is 4.52. The van der Waals surface area contributed by atoms with Crippen molar-refractivity contribution in [2.75, 3.05) is 16.8 Å². The van der Waals surface area contributed by atoms with Gasteiger partial charge in [-0.3, -0.25) is 9.59 Å². The first-order valence-electron chi connectivity index (χ1n) is 9.03. The molecule has 1 aliphatic heterocycles. The van der Waals surface area contributed by atoms with E-state index in [4.69, 9.17) is 0 Å². The molecule has 0 saturated carbocycles. The molecule has 0 radical (unpaired) electrons. The molecule has 4 nitrogen and oxygen atoms in total. The van der Waals surface area contributed by atoms with E-state index in [1.54, 1.807) is 0 Å². The first-order valence-corrected chi connectivity index (χ1v) is 9.91. The van der Waals surface area contributed by atoms with Crippen molar-refractivity contribution in [3.8, 4) is 0 Å². The maximum Gasteiger partial charge on any atom is 0.268 e. The van der Waals surface area contributed by atoms with Crippen LogP contribution in [-0.4, -0.2) is 18.4 Å². The molecule has 3 aromatic rings. The summed E-state index contributed by atoms with van der Waals surface area (Å²) in [6.45, 7) is 0.678. The van der Waals surface area contributed by atoms with Crippen molar-refractivity contribution in [2.45, 2.75) is 19.3 Å².